The molecule has 268 valence electrons. The van der Waals surface area contributed by atoms with Crippen molar-refractivity contribution in [3.63, 3.8) is 0 Å². The van der Waals surface area contributed by atoms with E-state index in [0.29, 0.717) is 43.1 Å². The third kappa shape index (κ3) is 8.36. The molecular weight excluding hydrogens is 723 g/mol. The number of anilines is 2. The van der Waals surface area contributed by atoms with E-state index in [4.69, 9.17) is 14.7 Å². The molecule has 0 saturated carbocycles. The number of amidine groups is 2. The first-order valence-corrected chi connectivity index (χ1v) is 19.2. The van der Waals surface area contributed by atoms with Gasteiger partial charge in [-0.2, -0.15) is 0 Å². The van der Waals surface area contributed by atoms with Crippen LogP contribution in [0.25, 0.3) is 12.2 Å². The molecule has 10 heteroatoms. The number of aryl methyl sites for hydroxylation is 1. The molecule has 8 rings (SSSR count). The molecule has 0 bridgehead atoms. The van der Waals surface area contributed by atoms with Gasteiger partial charge in [0, 0.05) is 6.20 Å². The summed E-state index contributed by atoms with van der Waals surface area (Å²) in [5.74, 6) is 0.895. The zero-order valence-corrected chi connectivity index (χ0v) is 31.3. The molecule has 6 aromatic rings. The van der Waals surface area contributed by atoms with Crippen LogP contribution >= 0.6 is 23.5 Å². The maximum Gasteiger partial charge on any atom is 0.271 e. The quantitative estimate of drug-likeness (QED) is 0.137. The van der Waals surface area contributed by atoms with Gasteiger partial charge >= 0.3 is 0 Å². The first kappa shape index (κ1) is 35.5. The topological polar surface area (TPSA) is 87.5 Å². The van der Waals surface area contributed by atoms with Gasteiger partial charge < -0.3 is 4.74 Å². The smallest absolute Gasteiger partial charge is 0.271 e. The summed E-state index contributed by atoms with van der Waals surface area (Å²) in [6.07, 6.45) is 5.54. The molecule has 2 amide bonds. The highest BCUT2D eigenvalue weighted by molar-refractivity contribution is 8.19. The van der Waals surface area contributed by atoms with Crippen molar-refractivity contribution in [3.05, 3.63) is 190 Å². The second-order valence-electron chi connectivity index (χ2n) is 12.6. The summed E-state index contributed by atoms with van der Waals surface area (Å²) >= 11 is 2.67. The Hall–Kier alpha value is -6.49. The van der Waals surface area contributed by atoms with Crippen LogP contribution in [0.3, 0.4) is 0 Å². The van der Waals surface area contributed by atoms with Gasteiger partial charge in [-0.3, -0.25) is 19.4 Å². The van der Waals surface area contributed by atoms with E-state index in [1.165, 1.54) is 23.5 Å². The standard InChI is InChI=1S/C45H33N5O3S2/c1-31-20-25-41(46-29-31)48-45-50(43(52)40(55-45)28-33-14-7-3-8-15-33)37-19-11-16-34(26-37)30-53-38-23-21-35(22-24-38)47-44-49(36-17-9-4-10-18-36)42(51)39(54-44)27-32-12-5-2-6-13-32/h2-29H,30H2,1H3/b39-27-,40-28-,47-44?,48-45?. The van der Waals surface area contributed by atoms with Crippen molar-refractivity contribution in [2.24, 2.45) is 9.98 Å². The second kappa shape index (κ2) is 16.3. The average molecular weight is 756 g/mol. The van der Waals surface area contributed by atoms with Gasteiger partial charge in [-0.1, -0.05) is 97.1 Å². The van der Waals surface area contributed by atoms with E-state index in [2.05, 4.69) is 4.98 Å². The lowest BCUT2D eigenvalue weighted by atomic mass is 10.2. The molecule has 5 aromatic carbocycles. The van der Waals surface area contributed by atoms with Crippen LogP contribution in [0.15, 0.2) is 178 Å². The monoisotopic (exact) mass is 755 g/mol. The summed E-state index contributed by atoms with van der Waals surface area (Å²) in [6.45, 7) is 2.25. The number of ether oxygens (including phenoxy) is 1. The Balaban J connectivity index is 1.00. The third-order valence-corrected chi connectivity index (χ3v) is 10.5. The van der Waals surface area contributed by atoms with E-state index in [9.17, 15) is 9.59 Å². The van der Waals surface area contributed by atoms with E-state index >= 15 is 0 Å². The fourth-order valence-electron chi connectivity index (χ4n) is 5.83. The van der Waals surface area contributed by atoms with Crippen LogP contribution in [0.5, 0.6) is 5.75 Å². The van der Waals surface area contributed by atoms with E-state index in [-0.39, 0.29) is 18.4 Å². The first-order chi connectivity index (χ1) is 27.0. The highest BCUT2D eigenvalue weighted by Gasteiger charge is 2.36. The van der Waals surface area contributed by atoms with Crippen molar-refractivity contribution < 1.29 is 14.3 Å². The van der Waals surface area contributed by atoms with E-state index in [1.807, 2.05) is 171 Å². The molecule has 0 spiro atoms. The van der Waals surface area contributed by atoms with Crippen molar-refractivity contribution in [2.75, 3.05) is 9.80 Å². The van der Waals surface area contributed by atoms with E-state index < -0.39 is 0 Å². The molecular formula is C45H33N5O3S2. The lowest BCUT2D eigenvalue weighted by molar-refractivity contribution is -0.114. The number of aromatic nitrogens is 1. The van der Waals surface area contributed by atoms with Crippen molar-refractivity contribution in [1.82, 2.24) is 4.98 Å². The SMILES string of the molecule is Cc1ccc(N=C2S/C(=C\c3ccccc3)C(=O)N2c2cccc(COc3ccc(N=C4S/C(=C\c5ccccc5)C(=O)N4c4ccccc4)cc3)c2)nc1. The van der Waals surface area contributed by atoms with E-state index in [0.717, 1.165) is 27.9 Å². The predicted octanol–water partition coefficient (Wildman–Crippen LogP) is 10.6. The van der Waals surface area contributed by atoms with Crippen LogP contribution < -0.4 is 14.5 Å². The minimum absolute atomic E-state index is 0.121. The fourth-order valence-corrected chi connectivity index (χ4v) is 7.82. The maximum absolute atomic E-state index is 13.9. The number of amides is 2. The van der Waals surface area contributed by atoms with Crippen LogP contribution in [0.1, 0.15) is 22.3 Å². The Morgan fingerprint density at radius 3 is 1.78 bits per heavy atom. The van der Waals surface area contributed by atoms with Gasteiger partial charge in [0.1, 0.15) is 12.4 Å². The highest BCUT2D eigenvalue weighted by Crippen LogP contribution is 2.39. The molecule has 3 heterocycles. The Bertz CT molecular complexity index is 2470. The lowest BCUT2D eigenvalue weighted by Crippen LogP contribution is -2.28. The normalized spacial score (nSPS) is 17.3. The van der Waals surface area contributed by atoms with E-state index in [1.54, 1.807) is 16.0 Å². The number of hydrogen-bond donors (Lipinski definition) is 0. The zero-order chi connectivity index (χ0) is 37.6. The molecule has 0 radical (unpaired) electrons. The van der Waals surface area contributed by atoms with Crippen LogP contribution in [0.4, 0.5) is 22.9 Å². The molecule has 2 aliphatic rings. The van der Waals surface area contributed by atoms with Gasteiger partial charge in [0.25, 0.3) is 11.8 Å². The molecule has 0 N–H and O–H groups in total. The van der Waals surface area contributed by atoms with Crippen LogP contribution in [-0.4, -0.2) is 27.1 Å². The van der Waals surface area contributed by atoms with Gasteiger partial charge in [-0.15, -0.1) is 0 Å². The molecule has 1 aromatic heterocycles. The number of benzene rings is 5. The number of rotatable bonds is 9. The molecule has 55 heavy (non-hydrogen) atoms. The summed E-state index contributed by atoms with van der Waals surface area (Å²) in [4.78, 5) is 46.1. The zero-order valence-electron chi connectivity index (χ0n) is 29.7. The highest BCUT2D eigenvalue weighted by atomic mass is 32.2. The summed E-state index contributed by atoms with van der Waals surface area (Å²) < 4.78 is 6.20. The molecule has 2 saturated heterocycles. The summed E-state index contributed by atoms with van der Waals surface area (Å²) in [6, 6.07) is 48.1. The molecule has 8 nitrogen and oxygen atoms in total. The number of pyridine rings is 1. The summed E-state index contributed by atoms with van der Waals surface area (Å²) in [5, 5.41) is 1.09. The van der Waals surface area contributed by atoms with Gasteiger partial charge in [-0.05, 0) is 119 Å². The fraction of sp³-hybridized carbons (Fsp3) is 0.0444. The lowest BCUT2D eigenvalue weighted by Gasteiger charge is -2.17. The van der Waals surface area contributed by atoms with Gasteiger partial charge in [0.15, 0.2) is 16.2 Å². The molecule has 2 fully saturated rings. The largest absolute Gasteiger partial charge is 0.489 e. The number of hydrogen-bond acceptors (Lipinski definition) is 8. The number of para-hydroxylation sites is 1. The number of aliphatic imine (C=N–C) groups is 2. The van der Waals surface area contributed by atoms with Crippen LogP contribution in [-0.2, 0) is 16.2 Å². The molecule has 0 atom stereocenters. The minimum atomic E-state index is -0.161. The van der Waals surface area contributed by atoms with Crippen molar-refractivity contribution in [3.8, 4) is 5.75 Å². The molecule has 0 aliphatic carbocycles. The minimum Gasteiger partial charge on any atom is -0.489 e. The van der Waals surface area contributed by atoms with Gasteiger partial charge in [-0.25, -0.2) is 15.0 Å². The van der Waals surface area contributed by atoms with Crippen molar-refractivity contribution in [2.45, 2.75) is 13.5 Å². The number of thioether (sulfide) groups is 2. The average Bonchev–Trinajstić information content (AvgIpc) is 3.69. The van der Waals surface area contributed by atoms with Crippen LogP contribution in [0, 0.1) is 6.92 Å². The number of nitrogens with zero attached hydrogens (tertiary/aromatic N) is 5. The molecule has 0 unspecified atom stereocenters. The maximum atomic E-state index is 13.9. The summed E-state index contributed by atoms with van der Waals surface area (Å²) in [5.41, 5.74) is 5.90. The van der Waals surface area contributed by atoms with Crippen molar-refractivity contribution >= 4 is 80.7 Å². The summed E-state index contributed by atoms with van der Waals surface area (Å²) in [7, 11) is 0. The Kier molecular flexibility index (Phi) is 10.5. The predicted molar refractivity (Wildman–Crippen MR) is 226 cm³/mol. The Labute approximate surface area is 327 Å². The first-order valence-electron chi connectivity index (χ1n) is 17.5. The number of carbonyl (C=O) groups is 2. The van der Waals surface area contributed by atoms with Crippen molar-refractivity contribution in [1.29, 1.82) is 0 Å². The Morgan fingerprint density at radius 1 is 0.618 bits per heavy atom. The van der Waals surface area contributed by atoms with Gasteiger partial charge in [0.2, 0.25) is 0 Å². The third-order valence-electron chi connectivity index (χ3n) is 8.56. The number of carbonyl (C=O) groups excluding carboxylic acids is 2. The van der Waals surface area contributed by atoms with Gasteiger partial charge in [0.05, 0.1) is 26.9 Å². The molecule has 2 aliphatic heterocycles. The Morgan fingerprint density at radius 2 is 1.18 bits per heavy atom. The van der Waals surface area contributed by atoms with Crippen LogP contribution in [0.2, 0.25) is 0 Å². The second-order valence-corrected chi connectivity index (χ2v) is 14.6.